The summed E-state index contributed by atoms with van der Waals surface area (Å²) in [5.41, 5.74) is 2.58. The predicted octanol–water partition coefficient (Wildman–Crippen LogP) is 3.08. The van der Waals surface area contributed by atoms with E-state index in [-0.39, 0.29) is 5.91 Å². The molecule has 0 saturated carbocycles. The fourth-order valence-electron chi connectivity index (χ4n) is 2.25. The van der Waals surface area contributed by atoms with Gasteiger partial charge in [-0.3, -0.25) is 4.79 Å². The van der Waals surface area contributed by atoms with Gasteiger partial charge in [0.15, 0.2) is 9.53 Å². The number of hydrogen-bond acceptors (Lipinski definition) is 2. The third-order valence-corrected chi connectivity index (χ3v) is 3.78. The van der Waals surface area contributed by atoms with Gasteiger partial charge in [-0.15, -0.1) is 0 Å². The van der Waals surface area contributed by atoms with Gasteiger partial charge in [0.25, 0.3) is 5.91 Å². The van der Waals surface area contributed by atoms with E-state index in [9.17, 15) is 4.79 Å². The van der Waals surface area contributed by atoms with Gasteiger partial charge >= 0.3 is 0 Å². The molecule has 18 heavy (non-hydrogen) atoms. The highest BCUT2D eigenvalue weighted by atomic mass is 127. The molecule has 0 radical (unpaired) electrons. The summed E-state index contributed by atoms with van der Waals surface area (Å²) in [5.74, 6) is 0.409. The molecule has 1 aliphatic rings. The lowest BCUT2D eigenvalue weighted by molar-refractivity contribution is 0.0701. The Labute approximate surface area is 119 Å². The highest BCUT2D eigenvalue weighted by molar-refractivity contribution is 14.1. The number of halogens is 1. The van der Waals surface area contributed by atoms with Gasteiger partial charge in [0.1, 0.15) is 0 Å². The maximum atomic E-state index is 12.3. The normalized spacial score (nSPS) is 14.4. The minimum Gasteiger partial charge on any atom is -0.445 e. The van der Waals surface area contributed by atoms with Crippen molar-refractivity contribution in [2.75, 3.05) is 6.54 Å². The van der Waals surface area contributed by atoms with Crippen LogP contribution < -0.4 is 0 Å². The van der Waals surface area contributed by atoms with Crippen LogP contribution in [0.1, 0.15) is 21.7 Å². The fourth-order valence-corrected chi connectivity index (χ4v) is 2.67. The zero-order valence-corrected chi connectivity index (χ0v) is 11.9. The molecule has 0 bridgehead atoms. The summed E-state index contributed by atoms with van der Waals surface area (Å²) in [6.45, 7) is 1.43. The summed E-state index contributed by atoms with van der Waals surface area (Å²) in [4.78, 5) is 14.1. The Bertz CT molecular complexity index is 591. The second-order valence-electron chi connectivity index (χ2n) is 4.35. The maximum absolute atomic E-state index is 12.3. The van der Waals surface area contributed by atoms with Crippen LogP contribution in [0.2, 0.25) is 0 Å². The molecule has 0 unspecified atom stereocenters. The van der Waals surface area contributed by atoms with Crippen molar-refractivity contribution in [1.29, 1.82) is 0 Å². The molecule has 1 aromatic heterocycles. The molecule has 3 nitrogen and oxygen atoms in total. The minimum atomic E-state index is -0.0209. The van der Waals surface area contributed by atoms with Gasteiger partial charge in [0.05, 0.1) is 0 Å². The zero-order chi connectivity index (χ0) is 12.5. The van der Waals surface area contributed by atoms with Gasteiger partial charge in [0.2, 0.25) is 0 Å². The SMILES string of the molecule is O=C(c1ccc(I)o1)N1CCc2ccccc2C1. The maximum Gasteiger partial charge on any atom is 0.289 e. The molecular weight excluding hydrogens is 341 g/mol. The van der Waals surface area contributed by atoms with Crippen molar-refractivity contribution < 1.29 is 9.21 Å². The molecule has 92 valence electrons. The Kier molecular flexibility index (Phi) is 3.11. The Morgan fingerprint density at radius 1 is 1.17 bits per heavy atom. The number of nitrogens with zero attached hydrogens (tertiary/aromatic N) is 1. The van der Waals surface area contributed by atoms with Gasteiger partial charge in [-0.05, 0) is 52.3 Å². The number of furan rings is 1. The number of carbonyl (C=O) groups excluding carboxylic acids is 1. The molecule has 0 saturated heterocycles. The van der Waals surface area contributed by atoms with Crippen LogP contribution in [0.15, 0.2) is 40.8 Å². The molecule has 1 aliphatic heterocycles. The number of rotatable bonds is 1. The molecule has 1 aromatic carbocycles. The van der Waals surface area contributed by atoms with Crippen molar-refractivity contribution in [3.63, 3.8) is 0 Å². The molecule has 4 heteroatoms. The largest absolute Gasteiger partial charge is 0.445 e. The van der Waals surface area contributed by atoms with Crippen LogP contribution in [0.25, 0.3) is 0 Å². The Morgan fingerprint density at radius 3 is 2.67 bits per heavy atom. The summed E-state index contributed by atoms with van der Waals surface area (Å²) >= 11 is 2.07. The lowest BCUT2D eigenvalue weighted by Crippen LogP contribution is -2.35. The van der Waals surface area contributed by atoms with Crippen LogP contribution in [0.5, 0.6) is 0 Å². The fraction of sp³-hybridized carbons (Fsp3) is 0.214. The number of hydrogen-bond donors (Lipinski definition) is 0. The van der Waals surface area contributed by atoms with E-state index in [0.29, 0.717) is 12.3 Å². The summed E-state index contributed by atoms with van der Waals surface area (Å²) < 4.78 is 6.13. The van der Waals surface area contributed by atoms with E-state index in [1.54, 1.807) is 6.07 Å². The van der Waals surface area contributed by atoms with Crippen LogP contribution in [0.3, 0.4) is 0 Å². The van der Waals surface area contributed by atoms with Crippen molar-refractivity contribution in [3.05, 3.63) is 57.1 Å². The van der Waals surface area contributed by atoms with E-state index in [1.807, 2.05) is 23.1 Å². The third kappa shape index (κ3) is 2.16. The van der Waals surface area contributed by atoms with E-state index < -0.39 is 0 Å². The first kappa shape index (κ1) is 11.8. The molecule has 0 fully saturated rings. The quantitative estimate of drug-likeness (QED) is 0.739. The molecule has 0 spiro atoms. The minimum absolute atomic E-state index is 0.0209. The van der Waals surface area contributed by atoms with Gasteiger partial charge in [-0.2, -0.15) is 0 Å². The molecule has 0 N–H and O–H groups in total. The summed E-state index contributed by atoms with van der Waals surface area (Å²) in [7, 11) is 0. The van der Waals surface area contributed by atoms with Crippen LogP contribution >= 0.6 is 22.6 Å². The smallest absolute Gasteiger partial charge is 0.289 e. The standard InChI is InChI=1S/C14H12INO2/c15-13-6-5-12(18-13)14(17)16-8-7-10-3-1-2-4-11(10)9-16/h1-6H,7-9H2. The Hall–Kier alpha value is -1.30. The van der Waals surface area contributed by atoms with Gasteiger partial charge in [-0.25, -0.2) is 0 Å². The third-order valence-electron chi connectivity index (χ3n) is 3.20. The average Bonchev–Trinajstić information content (AvgIpc) is 2.84. The summed E-state index contributed by atoms with van der Waals surface area (Å²) in [5, 5.41) is 0. The van der Waals surface area contributed by atoms with Crippen LogP contribution in [-0.4, -0.2) is 17.4 Å². The van der Waals surface area contributed by atoms with Crippen molar-refractivity contribution in [1.82, 2.24) is 4.90 Å². The topological polar surface area (TPSA) is 33.5 Å². The molecular formula is C14H12INO2. The number of benzene rings is 1. The Morgan fingerprint density at radius 2 is 1.94 bits per heavy atom. The predicted molar refractivity (Wildman–Crippen MR) is 76.3 cm³/mol. The van der Waals surface area contributed by atoms with Gasteiger partial charge in [0, 0.05) is 13.1 Å². The molecule has 0 aliphatic carbocycles. The summed E-state index contributed by atoms with van der Waals surface area (Å²) in [6, 6.07) is 11.8. The first-order valence-corrected chi connectivity index (χ1v) is 6.93. The van der Waals surface area contributed by atoms with Crippen LogP contribution in [-0.2, 0) is 13.0 Å². The van der Waals surface area contributed by atoms with Gasteiger partial charge in [-0.1, -0.05) is 24.3 Å². The second kappa shape index (κ2) is 4.76. The number of fused-ring (bicyclic) bond motifs is 1. The van der Waals surface area contributed by atoms with Crippen molar-refractivity contribution in [2.45, 2.75) is 13.0 Å². The molecule has 2 heterocycles. The van der Waals surface area contributed by atoms with E-state index in [2.05, 4.69) is 34.7 Å². The van der Waals surface area contributed by atoms with Gasteiger partial charge < -0.3 is 9.32 Å². The molecule has 0 atom stereocenters. The summed E-state index contributed by atoms with van der Waals surface area (Å²) in [6.07, 6.45) is 0.916. The van der Waals surface area contributed by atoms with E-state index in [4.69, 9.17) is 4.42 Å². The molecule has 1 amide bonds. The monoisotopic (exact) mass is 353 g/mol. The van der Waals surface area contributed by atoms with E-state index in [0.717, 1.165) is 16.7 Å². The lowest BCUT2D eigenvalue weighted by Gasteiger charge is -2.28. The number of carbonyl (C=O) groups is 1. The van der Waals surface area contributed by atoms with Crippen molar-refractivity contribution in [3.8, 4) is 0 Å². The van der Waals surface area contributed by atoms with Crippen molar-refractivity contribution >= 4 is 28.5 Å². The van der Waals surface area contributed by atoms with Crippen LogP contribution in [0.4, 0.5) is 0 Å². The zero-order valence-electron chi connectivity index (χ0n) is 9.73. The molecule has 3 rings (SSSR count). The van der Waals surface area contributed by atoms with E-state index >= 15 is 0 Å². The highest BCUT2D eigenvalue weighted by Crippen LogP contribution is 2.21. The van der Waals surface area contributed by atoms with E-state index in [1.165, 1.54) is 11.1 Å². The lowest BCUT2D eigenvalue weighted by atomic mass is 10.00. The highest BCUT2D eigenvalue weighted by Gasteiger charge is 2.23. The Balaban J connectivity index is 1.82. The van der Waals surface area contributed by atoms with Crippen molar-refractivity contribution in [2.24, 2.45) is 0 Å². The first-order valence-electron chi connectivity index (χ1n) is 5.85. The first-order chi connectivity index (χ1) is 8.74. The molecule has 2 aromatic rings. The second-order valence-corrected chi connectivity index (χ2v) is 5.41. The van der Waals surface area contributed by atoms with Crippen LogP contribution in [0, 0.1) is 3.77 Å². The number of amides is 1. The average molecular weight is 353 g/mol.